The standard InChI is InChI=1S/C25H33O3S/c1-5-12-21-19-22(28-27-21)17-18-26-24(20-13-8-6-9-14-20)29(25(2,3)4)23-15-10-7-11-16-23/h5-11,13-16,21-22,24H,1,12,17-19H2,2-4H3/q+1/t21?,22?,24-,29?/m0/s1. The Morgan fingerprint density at radius 1 is 1.03 bits per heavy atom. The molecule has 0 aliphatic carbocycles. The van der Waals surface area contributed by atoms with Crippen molar-refractivity contribution in [2.75, 3.05) is 6.61 Å². The summed E-state index contributed by atoms with van der Waals surface area (Å²) in [4.78, 5) is 12.2. The summed E-state index contributed by atoms with van der Waals surface area (Å²) in [5, 5.41) is 0. The predicted octanol–water partition coefficient (Wildman–Crippen LogP) is 6.23. The van der Waals surface area contributed by atoms with Gasteiger partial charge in [-0.25, -0.2) is 9.78 Å². The van der Waals surface area contributed by atoms with E-state index in [1.165, 1.54) is 10.5 Å². The van der Waals surface area contributed by atoms with Crippen molar-refractivity contribution < 1.29 is 14.5 Å². The summed E-state index contributed by atoms with van der Waals surface area (Å²) in [6.45, 7) is 11.3. The molecule has 2 aromatic rings. The molecule has 1 saturated heterocycles. The first-order valence-corrected chi connectivity index (χ1v) is 11.7. The van der Waals surface area contributed by atoms with Gasteiger partial charge in [0.05, 0.1) is 29.7 Å². The Kier molecular flexibility index (Phi) is 7.96. The van der Waals surface area contributed by atoms with E-state index in [4.69, 9.17) is 14.5 Å². The highest BCUT2D eigenvalue weighted by atomic mass is 32.2. The van der Waals surface area contributed by atoms with Crippen molar-refractivity contribution in [3.05, 3.63) is 78.9 Å². The number of hydrogen-bond donors (Lipinski definition) is 0. The zero-order valence-corrected chi connectivity index (χ0v) is 18.6. The van der Waals surface area contributed by atoms with Crippen LogP contribution >= 0.6 is 0 Å². The molecule has 0 bridgehead atoms. The summed E-state index contributed by atoms with van der Waals surface area (Å²) in [6.07, 6.45) is 4.64. The fraction of sp³-hybridized carbons (Fsp3) is 0.440. The smallest absolute Gasteiger partial charge is 0.250 e. The highest BCUT2D eigenvalue weighted by Gasteiger charge is 2.45. The molecule has 0 amide bonds. The van der Waals surface area contributed by atoms with E-state index in [1.807, 2.05) is 6.08 Å². The van der Waals surface area contributed by atoms with Crippen molar-refractivity contribution in [1.82, 2.24) is 0 Å². The zero-order chi connectivity index (χ0) is 20.7. The van der Waals surface area contributed by atoms with Gasteiger partial charge in [0.15, 0.2) is 4.90 Å². The Morgan fingerprint density at radius 3 is 2.28 bits per heavy atom. The minimum Gasteiger partial charge on any atom is -0.329 e. The van der Waals surface area contributed by atoms with Crippen LogP contribution in [0, 0.1) is 0 Å². The van der Waals surface area contributed by atoms with Gasteiger partial charge in [0, 0.05) is 18.4 Å². The molecule has 3 nitrogen and oxygen atoms in total. The molecule has 3 rings (SSSR count). The van der Waals surface area contributed by atoms with E-state index in [-0.39, 0.29) is 33.3 Å². The molecular formula is C25H33O3S+. The van der Waals surface area contributed by atoms with E-state index in [0.29, 0.717) is 6.61 Å². The maximum absolute atomic E-state index is 6.59. The second-order valence-corrected chi connectivity index (χ2v) is 11.2. The van der Waals surface area contributed by atoms with Crippen LogP contribution in [-0.2, 0) is 25.4 Å². The SMILES string of the molecule is C=CCC1CC(CCO[C@H](c2ccccc2)[S+](c2ccccc2)C(C)(C)C)OO1. The molecule has 156 valence electrons. The largest absolute Gasteiger partial charge is 0.329 e. The lowest BCUT2D eigenvalue weighted by molar-refractivity contribution is -0.297. The molecule has 29 heavy (non-hydrogen) atoms. The Balaban J connectivity index is 1.75. The lowest BCUT2D eigenvalue weighted by Gasteiger charge is -2.28. The molecule has 0 aromatic heterocycles. The molecule has 4 heteroatoms. The van der Waals surface area contributed by atoms with Crippen LogP contribution in [0.15, 0.2) is 78.2 Å². The average molecular weight is 414 g/mol. The van der Waals surface area contributed by atoms with Crippen LogP contribution in [0.2, 0.25) is 0 Å². The lowest BCUT2D eigenvalue weighted by Crippen LogP contribution is -2.35. The van der Waals surface area contributed by atoms with Crippen LogP contribution in [0.3, 0.4) is 0 Å². The Morgan fingerprint density at radius 2 is 1.66 bits per heavy atom. The van der Waals surface area contributed by atoms with Crippen molar-refractivity contribution in [1.29, 1.82) is 0 Å². The molecule has 3 unspecified atom stereocenters. The van der Waals surface area contributed by atoms with Gasteiger partial charge in [0.25, 0.3) is 0 Å². The lowest BCUT2D eigenvalue weighted by atomic mass is 10.1. The first kappa shape index (κ1) is 22.1. The van der Waals surface area contributed by atoms with Gasteiger partial charge in [-0.15, -0.1) is 6.58 Å². The van der Waals surface area contributed by atoms with Crippen molar-refractivity contribution in [2.24, 2.45) is 0 Å². The summed E-state index contributed by atoms with van der Waals surface area (Å²) in [5.41, 5.74) is 1.23. The monoisotopic (exact) mass is 413 g/mol. The summed E-state index contributed by atoms with van der Waals surface area (Å²) in [6, 6.07) is 21.3. The number of ether oxygens (including phenoxy) is 1. The van der Waals surface area contributed by atoms with Crippen molar-refractivity contribution in [2.45, 2.75) is 67.3 Å². The second-order valence-electron chi connectivity index (χ2n) is 8.36. The molecule has 4 atom stereocenters. The topological polar surface area (TPSA) is 27.7 Å². The maximum atomic E-state index is 6.59. The van der Waals surface area contributed by atoms with Gasteiger partial charge in [-0.1, -0.05) is 54.6 Å². The first-order valence-electron chi connectivity index (χ1n) is 10.4. The molecule has 0 N–H and O–H groups in total. The molecule has 0 spiro atoms. The molecule has 2 aromatic carbocycles. The van der Waals surface area contributed by atoms with Gasteiger partial charge in [-0.05, 0) is 39.3 Å². The van der Waals surface area contributed by atoms with E-state index in [0.717, 1.165) is 19.3 Å². The van der Waals surface area contributed by atoms with E-state index >= 15 is 0 Å². The normalized spacial score (nSPS) is 21.6. The van der Waals surface area contributed by atoms with Gasteiger partial charge < -0.3 is 4.74 Å². The highest BCUT2D eigenvalue weighted by molar-refractivity contribution is 7.98. The van der Waals surface area contributed by atoms with Crippen LogP contribution in [0.5, 0.6) is 0 Å². The van der Waals surface area contributed by atoms with Gasteiger partial charge in [0.2, 0.25) is 5.44 Å². The molecule has 1 heterocycles. The molecule has 1 aliphatic heterocycles. The second kappa shape index (κ2) is 10.4. The number of benzene rings is 2. The van der Waals surface area contributed by atoms with Crippen LogP contribution < -0.4 is 0 Å². The van der Waals surface area contributed by atoms with Gasteiger partial charge in [-0.3, -0.25) is 0 Å². The maximum Gasteiger partial charge on any atom is 0.250 e. The zero-order valence-electron chi connectivity index (χ0n) is 17.8. The number of rotatable bonds is 9. The summed E-state index contributed by atoms with van der Waals surface area (Å²) in [5.74, 6) is 0. The summed E-state index contributed by atoms with van der Waals surface area (Å²) >= 11 is 0. The third-order valence-electron chi connectivity index (χ3n) is 4.93. The van der Waals surface area contributed by atoms with Gasteiger partial charge >= 0.3 is 0 Å². The van der Waals surface area contributed by atoms with Crippen molar-refractivity contribution in [3.63, 3.8) is 0 Å². The Labute approximate surface area is 178 Å². The third-order valence-corrected chi connectivity index (χ3v) is 7.87. The van der Waals surface area contributed by atoms with E-state index < -0.39 is 0 Å². The van der Waals surface area contributed by atoms with Crippen molar-refractivity contribution in [3.8, 4) is 0 Å². The van der Waals surface area contributed by atoms with Crippen LogP contribution in [0.1, 0.15) is 51.0 Å². The predicted molar refractivity (Wildman–Crippen MR) is 121 cm³/mol. The van der Waals surface area contributed by atoms with Gasteiger partial charge in [-0.2, -0.15) is 0 Å². The van der Waals surface area contributed by atoms with Gasteiger partial charge in [0.1, 0.15) is 4.75 Å². The molecule has 0 radical (unpaired) electrons. The van der Waals surface area contributed by atoms with Crippen LogP contribution in [0.4, 0.5) is 0 Å². The molecule has 1 fully saturated rings. The summed E-state index contributed by atoms with van der Waals surface area (Å²) < 4.78 is 6.66. The van der Waals surface area contributed by atoms with Crippen molar-refractivity contribution >= 4 is 10.9 Å². The fourth-order valence-electron chi connectivity index (χ4n) is 3.60. The molecule has 1 aliphatic rings. The Hall–Kier alpha value is -1.59. The molecular weight excluding hydrogens is 380 g/mol. The third kappa shape index (κ3) is 6.19. The molecule has 0 saturated carbocycles. The highest BCUT2D eigenvalue weighted by Crippen LogP contribution is 2.40. The quantitative estimate of drug-likeness (QED) is 0.277. The average Bonchev–Trinajstić information content (AvgIpc) is 3.15. The minimum absolute atomic E-state index is 0.00453. The van der Waals surface area contributed by atoms with E-state index in [9.17, 15) is 0 Å². The first-order chi connectivity index (χ1) is 14.0. The van der Waals surface area contributed by atoms with Crippen LogP contribution in [0.25, 0.3) is 0 Å². The fourth-order valence-corrected chi connectivity index (χ4v) is 6.31. The Bertz CT molecular complexity index is 742. The number of hydrogen-bond acceptors (Lipinski definition) is 3. The van der Waals surface area contributed by atoms with Crippen LogP contribution in [-0.4, -0.2) is 23.6 Å². The van der Waals surface area contributed by atoms with E-state index in [1.54, 1.807) is 0 Å². The minimum atomic E-state index is -0.115. The summed E-state index contributed by atoms with van der Waals surface area (Å²) in [7, 11) is -0.115. The van der Waals surface area contributed by atoms with E-state index in [2.05, 4.69) is 88.0 Å².